The van der Waals surface area contributed by atoms with Crippen LogP contribution >= 0.6 is 22.7 Å². The second kappa shape index (κ2) is 8.94. The van der Waals surface area contributed by atoms with Crippen LogP contribution in [0.1, 0.15) is 16.4 Å². The minimum absolute atomic E-state index is 0.0301. The molecule has 0 unspecified atom stereocenters. The Labute approximate surface area is 177 Å². The van der Waals surface area contributed by atoms with Crippen molar-refractivity contribution in [2.75, 3.05) is 26.2 Å². The summed E-state index contributed by atoms with van der Waals surface area (Å²) in [4.78, 5) is 25.6. The number of benzene rings is 1. The van der Waals surface area contributed by atoms with Crippen LogP contribution < -0.4 is 0 Å². The molecule has 1 amide bonds. The quantitative estimate of drug-likeness (QED) is 0.575. The lowest BCUT2D eigenvalue weighted by atomic mass is 10.2. The zero-order valence-electron chi connectivity index (χ0n) is 16.0. The molecule has 0 radical (unpaired) electrons. The highest BCUT2D eigenvalue weighted by molar-refractivity contribution is 7.13. The van der Waals surface area contributed by atoms with E-state index in [0.29, 0.717) is 13.1 Å². The standard InChI is InChI=1S/C21H21FN4OS2/c1-15-23-18(13-28-15)6-7-20(27)26-10-8-25(9-11-26)12-19-14-29-21(24-19)16-2-4-17(22)5-3-16/h2-7,13-14H,8-12H2,1H3/b7-6-. The van der Waals surface area contributed by atoms with E-state index >= 15 is 0 Å². The van der Waals surface area contributed by atoms with Gasteiger partial charge < -0.3 is 4.90 Å². The monoisotopic (exact) mass is 428 g/mol. The number of aromatic nitrogens is 2. The summed E-state index contributed by atoms with van der Waals surface area (Å²) in [5, 5.41) is 5.89. The summed E-state index contributed by atoms with van der Waals surface area (Å²) < 4.78 is 13.1. The van der Waals surface area contributed by atoms with Crippen molar-refractivity contribution in [1.82, 2.24) is 19.8 Å². The molecule has 4 rings (SSSR count). The van der Waals surface area contributed by atoms with Crippen molar-refractivity contribution in [3.8, 4) is 10.6 Å². The predicted molar refractivity (Wildman–Crippen MR) is 115 cm³/mol. The van der Waals surface area contributed by atoms with Crippen molar-refractivity contribution in [3.05, 3.63) is 63.3 Å². The Morgan fingerprint density at radius 2 is 1.86 bits per heavy atom. The van der Waals surface area contributed by atoms with Crippen molar-refractivity contribution in [2.24, 2.45) is 0 Å². The number of hydrogen-bond donors (Lipinski definition) is 0. The number of carbonyl (C=O) groups is 1. The Morgan fingerprint density at radius 1 is 1.10 bits per heavy atom. The highest BCUT2D eigenvalue weighted by Crippen LogP contribution is 2.24. The van der Waals surface area contributed by atoms with Crippen molar-refractivity contribution >= 4 is 34.7 Å². The molecule has 8 heteroatoms. The van der Waals surface area contributed by atoms with E-state index < -0.39 is 0 Å². The lowest BCUT2D eigenvalue weighted by molar-refractivity contribution is -0.127. The largest absolute Gasteiger partial charge is 0.337 e. The normalized spacial score (nSPS) is 15.3. The molecule has 2 aromatic heterocycles. The SMILES string of the molecule is Cc1nc(/C=C\C(=O)N2CCN(Cc3csc(-c4ccc(F)cc4)n3)CC2)cs1. The number of piperazine rings is 1. The van der Waals surface area contributed by atoms with Gasteiger partial charge in [0.25, 0.3) is 0 Å². The third kappa shape index (κ3) is 5.14. The highest BCUT2D eigenvalue weighted by atomic mass is 32.1. The summed E-state index contributed by atoms with van der Waals surface area (Å²) in [6, 6.07) is 6.42. The molecule has 0 saturated carbocycles. The number of carbonyl (C=O) groups excluding carboxylic acids is 1. The van der Waals surface area contributed by atoms with Gasteiger partial charge in [-0.05, 0) is 37.3 Å². The first-order chi connectivity index (χ1) is 14.1. The number of thiazole rings is 2. The summed E-state index contributed by atoms with van der Waals surface area (Å²) in [5.41, 5.74) is 2.77. The van der Waals surface area contributed by atoms with E-state index in [1.54, 1.807) is 47.0 Å². The fraction of sp³-hybridized carbons (Fsp3) is 0.286. The molecule has 150 valence electrons. The molecule has 1 aromatic carbocycles. The van der Waals surface area contributed by atoms with Gasteiger partial charge in [0.15, 0.2) is 0 Å². The van der Waals surface area contributed by atoms with Crippen LogP contribution in [0.15, 0.2) is 41.1 Å². The van der Waals surface area contributed by atoms with Crippen LogP contribution in [0.4, 0.5) is 4.39 Å². The van der Waals surface area contributed by atoms with Gasteiger partial charge in [-0.1, -0.05) is 0 Å². The number of nitrogens with zero attached hydrogens (tertiary/aromatic N) is 4. The lowest BCUT2D eigenvalue weighted by Gasteiger charge is -2.33. The molecule has 1 saturated heterocycles. The van der Waals surface area contributed by atoms with Gasteiger partial charge in [0.1, 0.15) is 10.8 Å². The summed E-state index contributed by atoms with van der Waals surface area (Å²) in [6.45, 7) is 5.75. The number of hydrogen-bond acceptors (Lipinski definition) is 6. The zero-order chi connectivity index (χ0) is 20.2. The first-order valence-corrected chi connectivity index (χ1v) is 11.1. The van der Waals surface area contributed by atoms with Gasteiger partial charge >= 0.3 is 0 Å². The van der Waals surface area contributed by atoms with E-state index in [1.807, 2.05) is 17.2 Å². The number of amides is 1. The van der Waals surface area contributed by atoms with Gasteiger partial charge in [0.2, 0.25) is 5.91 Å². The minimum atomic E-state index is -0.241. The van der Waals surface area contributed by atoms with E-state index in [9.17, 15) is 9.18 Å². The second-order valence-corrected chi connectivity index (χ2v) is 8.80. The van der Waals surface area contributed by atoms with Gasteiger partial charge in [-0.3, -0.25) is 9.69 Å². The molecule has 0 bridgehead atoms. The number of halogens is 1. The van der Waals surface area contributed by atoms with Crippen LogP contribution in [-0.4, -0.2) is 51.9 Å². The van der Waals surface area contributed by atoms with Crippen LogP contribution in [-0.2, 0) is 11.3 Å². The summed E-state index contributed by atoms with van der Waals surface area (Å²) >= 11 is 3.15. The maximum Gasteiger partial charge on any atom is 0.246 e. The highest BCUT2D eigenvalue weighted by Gasteiger charge is 2.20. The van der Waals surface area contributed by atoms with Gasteiger partial charge in [-0.25, -0.2) is 14.4 Å². The van der Waals surface area contributed by atoms with E-state index in [0.717, 1.165) is 46.6 Å². The molecular weight excluding hydrogens is 407 g/mol. The Kier molecular flexibility index (Phi) is 6.13. The fourth-order valence-corrected chi connectivity index (χ4v) is 4.58. The van der Waals surface area contributed by atoms with E-state index in [2.05, 4.69) is 20.2 Å². The fourth-order valence-electron chi connectivity index (χ4n) is 3.18. The van der Waals surface area contributed by atoms with Crippen molar-refractivity contribution in [2.45, 2.75) is 13.5 Å². The predicted octanol–water partition coefficient (Wildman–Crippen LogP) is 4.07. The van der Waals surface area contributed by atoms with E-state index in [-0.39, 0.29) is 11.7 Å². The molecule has 0 N–H and O–H groups in total. The van der Waals surface area contributed by atoms with Crippen molar-refractivity contribution < 1.29 is 9.18 Å². The Bertz CT molecular complexity index is 1000. The summed E-state index contributed by atoms with van der Waals surface area (Å²) in [6.07, 6.45) is 3.39. The Balaban J connectivity index is 1.28. The van der Waals surface area contributed by atoms with Gasteiger partial charge in [-0.2, -0.15) is 0 Å². The van der Waals surface area contributed by atoms with Gasteiger partial charge in [0, 0.05) is 55.1 Å². The summed E-state index contributed by atoms with van der Waals surface area (Å²) in [7, 11) is 0. The van der Waals surface area contributed by atoms with Crippen molar-refractivity contribution in [3.63, 3.8) is 0 Å². The maximum atomic E-state index is 13.1. The topological polar surface area (TPSA) is 49.3 Å². The molecule has 0 spiro atoms. The lowest BCUT2D eigenvalue weighted by Crippen LogP contribution is -2.47. The molecular formula is C21H21FN4OS2. The van der Waals surface area contributed by atoms with Crippen LogP contribution in [0.25, 0.3) is 16.6 Å². The maximum absolute atomic E-state index is 13.1. The van der Waals surface area contributed by atoms with Gasteiger partial charge in [-0.15, -0.1) is 22.7 Å². The Morgan fingerprint density at radius 3 is 2.55 bits per heavy atom. The van der Waals surface area contributed by atoms with E-state index in [4.69, 9.17) is 0 Å². The number of rotatable bonds is 5. The number of aryl methyl sites for hydroxylation is 1. The van der Waals surface area contributed by atoms with Crippen molar-refractivity contribution in [1.29, 1.82) is 0 Å². The third-order valence-corrected chi connectivity index (χ3v) is 6.48. The molecule has 3 aromatic rings. The molecule has 5 nitrogen and oxygen atoms in total. The van der Waals surface area contributed by atoms with Crippen LogP contribution in [0.5, 0.6) is 0 Å². The molecule has 0 atom stereocenters. The van der Waals surface area contributed by atoms with E-state index in [1.165, 1.54) is 12.1 Å². The van der Waals surface area contributed by atoms with Gasteiger partial charge in [0.05, 0.1) is 16.4 Å². The molecule has 29 heavy (non-hydrogen) atoms. The molecule has 3 heterocycles. The average molecular weight is 429 g/mol. The first kappa shape index (κ1) is 19.9. The summed E-state index contributed by atoms with van der Waals surface area (Å²) in [5.74, 6) is -0.211. The minimum Gasteiger partial charge on any atom is -0.337 e. The molecule has 0 aliphatic carbocycles. The Hall–Kier alpha value is -2.42. The van der Waals surface area contributed by atoms with Crippen LogP contribution in [0.2, 0.25) is 0 Å². The average Bonchev–Trinajstić information content (AvgIpc) is 3.36. The van der Waals surface area contributed by atoms with Crippen LogP contribution in [0, 0.1) is 12.7 Å². The smallest absolute Gasteiger partial charge is 0.246 e. The zero-order valence-corrected chi connectivity index (χ0v) is 17.7. The first-order valence-electron chi connectivity index (χ1n) is 9.38. The third-order valence-electron chi connectivity index (χ3n) is 4.75. The van der Waals surface area contributed by atoms with Crippen LogP contribution in [0.3, 0.4) is 0 Å². The molecule has 1 aliphatic heterocycles. The molecule has 1 fully saturated rings. The second-order valence-electron chi connectivity index (χ2n) is 6.88. The molecule has 1 aliphatic rings.